The number of benzene rings is 2. The van der Waals surface area contributed by atoms with Crippen LogP contribution in [0.5, 0.6) is 0 Å². The molecule has 2 fully saturated rings. The van der Waals surface area contributed by atoms with Gasteiger partial charge in [0, 0.05) is 30.3 Å². The monoisotopic (exact) mass is 352 g/mol. The van der Waals surface area contributed by atoms with E-state index in [-0.39, 0.29) is 29.5 Å². The number of hydrogen-bond acceptors (Lipinski definition) is 2. The number of anilines is 1. The molecule has 5 heteroatoms. The Bertz CT molecular complexity index is 828. The molecule has 2 amide bonds. The molecule has 1 saturated heterocycles. The minimum atomic E-state index is -0.271. The zero-order valence-electron chi connectivity index (χ0n) is 14.5. The Morgan fingerprint density at radius 1 is 1.04 bits per heavy atom. The van der Waals surface area contributed by atoms with Crippen LogP contribution >= 0.6 is 0 Å². The van der Waals surface area contributed by atoms with E-state index >= 15 is 0 Å². The lowest BCUT2D eigenvalue weighted by atomic mass is 10.1. The van der Waals surface area contributed by atoms with Gasteiger partial charge in [0.15, 0.2) is 0 Å². The first kappa shape index (κ1) is 16.8. The van der Waals surface area contributed by atoms with Crippen LogP contribution in [-0.4, -0.2) is 29.8 Å². The number of amides is 2. The van der Waals surface area contributed by atoms with Crippen LogP contribution in [0.1, 0.15) is 41.1 Å². The van der Waals surface area contributed by atoms with Gasteiger partial charge in [0.2, 0.25) is 5.91 Å². The lowest BCUT2D eigenvalue weighted by Crippen LogP contribution is -2.27. The molecule has 2 atom stereocenters. The first-order chi connectivity index (χ1) is 12.6. The van der Waals surface area contributed by atoms with Crippen LogP contribution in [0, 0.1) is 11.7 Å². The Balaban J connectivity index is 1.36. The highest BCUT2D eigenvalue weighted by molar-refractivity contribution is 5.97. The van der Waals surface area contributed by atoms with E-state index in [2.05, 4.69) is 5.32 Å². The molecule has 134 valence electrons. The zero-order valence-corrected chi connectivity index (χ0v) is 14.5. The molecule has 0 unspecified atom stereocenters. The van der Waals surface area contributed by atoms with Gasteiger partial charge >= 0.3 is 0 Å². The summed E-state index contributed by atoms with van der Waals surface area (Å²) >= 11 is 0. The van der Waals surface area contributed by atoms with E-state index in [1.54, 1.807) is 30.3 Å². The third-order valence-electron chi connectivity index (χ3n) is 5.20. The van der Waals surface area contributed by atoms with Crippen molar-refractivity contribution in [3.05, 3.63) is 65.5 Å². The molecule has 1 aliphatic heterocycles. The van der Waals surface area contributed by atoms with Crippen LogP contribution in [0.3, 0.4) is 0 Å². The smallest absolute Gasteiger partial charge is 0.253 e. The van der Waals surface area contributed by atoms with E-state index in [9.17, 15) is 14.0 Å². The fourth-order valence-corrected chi connectivity index (χ4v) is 3.62. The van der Waals surface area contributed by atoms with E-state index in [0.29, 0.717) is 11.3 Å². The molecule has 4 nitrogen and oxygen atoms in total. The quantitative estimate of drug-likeness (QED) is 0.910. The Hall–Kier alpha value is -2.69. The normalized spacial score (nSPS) is 21.5. The first-order valence-electron chi connectivity index (χ1n) is 9.07. The third-order valence-corrected chi connectivity index (χ3v) is 5.20. The Labute approximate surface area is 152 Å². The highest BCUT2D eigenvalue weighted by Crippen LogP contribution is 2.48. The van der Waals surface area contributed by atoms with Crippen molar-refractivity contribution < 1.29 is 14.0 Å². The van der Waals surface area contributed by atoms with Crippen LogP contribution in [0.25, 0.3) is 0 Å². The Morgan fingerprint density at radius 2 is 1.77 bits per heavy atom. The molecule has 1 N–H and O–H groups in total. The van der Waals surface area contributed by atoms with E-state index in [4.69, 9.17) is 0 Å². The highest BCUT2D eigenvalue weighted by atomic mass is 19.1. The summed E-state index contributed by atoms with van der Waals surface area (Å²) in [6.07, 6.45) is 2.86. The second kappa shape index (κ2) is 6.90. The molecule has 1 aliphatic carbocycles. The molecule has 26 heavy (non-hydrogen) atoms. The molecule has 2 aliphatic rings. The zero-order chi connectivity index (χ0) is 18.1. The van der Waals surface area contributed by atoms with Crippen molar-refractivity contribution >= 4 is 17.5 Å². The van der Waals surface area contributed by atoms with Crippen LogP contribution in [-0.2, 0) is 4.79 Å². The summed E-state index contributed by atoms with van der Waals surface area (Å²) < 4.78 is 13.3. The second-order valence-electron chi connectivity index (χ2n) is 7.07. The number of nitrogens with one attached hydrogen (secondary N) is 1. The number of halogens is 1. The number of hydrogen-bond donors (Lipinski definition) is 1. The average Bonchev–Trinajstić information content (AvgIpc) is 3.27. The Morgan fingerprint density at radius 3 is 2.46 bits per heavy atom. The number of carbonyl (C=O) groups is 2. The fourth-order valence-electron chi connectivity index (χ4n) is 3.62. The van der Waals surface area contributed by atoms with Crippen molar-refractivity contribution in [3.8, 4) is 0 Å². The first-order valence-corrected chi connectivity index (χ1v) is 9.07. The van der Waals surface area contributed by atoms with Gasteiger partial charge < -0.3 is 10.2 Å². The molecular weight excluding hydrogens is 331 g/mol. The third kappa shape index (κ3) is 3.47. The van der Waals surface area contributed by atoms with Crippen LogP contribution in [0.4, 0.5) is 10.1 Å². The predicted octanol–water partition coefficient (Wildman–Crippen LogP) is 3.80. The maximum Gasteiger partial charge on any atom is 0.253 e. The number of carbonyl (C=O) groups excluding carboxylic acids is 2. The van der Waals surface area contributed by atoms with Gasteiger partial charge in [-0.3, -0.25) is 9.59 Å². The van der Waals surface area contributed by atoms with Gasteiger partial charge in [-0.15, -0.1) is 0 Å². The minimum Gasteiger partial charge on any atom is -0.339 e. The summed E-state index contributed by atoms with van der Waals surface area (Å²) in [7, 11) is 0. The van der Waals surface area contributed by atoms with Crippen LogP contribution in [0.2, 0.25) is 0 Å². The van der Waals surface area contributed by atoms with Crippen molar-refractivity contribution in [2.24, 2.45) is 5.92 Å². The number of rotatable bonds is 4. The summed E-state index contributed by atoms with van der Waals surface area (Å²) in [5.74, 6) is -0.317. The maximum absolute atomic E-state index is 13.3. The molecule has 0 bridgehead atoms. The Kier molecular flexibility index (Phi) is 4.45. The summed E-state index contributed by atoms with van der Waals surface area (Å²) in [5.41, 5.74) is 2.20. The SMILES string of the molecule is O=C(Nc1ccc(C(=O)N2CCCC2)cc1)[C@@H]1C[C@@H]1c1cccc(F)c1. The van der Waals surface area contributed by atoms with E-state index in [1.807, 2.05) is 11.0 Å². The summed E-state index contributed by atoms with van der Waals surface area (Å²) in [6, 6.07) is 13.5. The molecule has 0 radical (unpaired) electrons. The molecule has 2 aromatic carbocycles. The van der Waals surface area contributed by atoms with Gasteiger partial charge in [-0.1, -0.05) is 12.1 Å². The van der Waals surface area contributed by atoms with E-state index in [1.165, 1.54) is 12.1 Å². The lowest BCUT2D eigenvalue weighted by molar-refractivity contribution is -0.117. The summed E-state index contributed by atoms with van der Waals surface area (Å²) in [4.78, 5) is 26.6. The number of likely N-dealkylation sites (tertiary alicyclic amines) is 1. The van der Waals surface area contributed by atoms with Gasteiger partial charge in [0.25, 0.3) is 5.91 Å². The van der Waals surface area contributed by atoms with Crippen molar-refractivity contribution in [3.63, 3.8) is 0 Å². The number of nitrogens with zero attached hydrogens (tertiary/aromatic N) is 1. The average molecular weight is 352 g/mol. The van der Waals surface area contributed by atoms with Crippen molar-refractivity contribution in [1.82, 2.24) is 4.90 Å². The van der Waals surface area contributed by atoms with Crippen molar-refractivity contribution in [2.75, 3.05) is 18.4 Å². The summed E-state index contributed by atoms with van der Waals surface area (Å²) in [6.45, 7) is 1.64. The second-order valence-corrected chi connectivity index (χ2v) is 7.07. The standard InChI is InChI=1S/C21H21FN2O2/c22-16-5-3-4-15(12-16)18-13-19(18)20(25)23-17-8-6-14(7-9-17)21(26)24-10-1-2-11-24/h3-9,12,18-19H,1-2,10-11,13H2,(H,23,25)/t18-,19-/m1/s1. The van der Waals surface area contributed by atoms with Crippen molar-refractivity contribution in [2.45, 2.75) is 25.2 Å². The molecule has 1 saturated carbocycles. The van der Waals surface area contributed by atoms with Gasteiger partial charge in [-0.2, -0.15) is 0 Å². The topological polar surface area (TPSA) is 49.4 Å². The molecule has 4 rings (SSSR count). The van der Waals surface area contributed by atoms with Gasteiger partial charge in [-0.05, 0) is 67.1 Å². The van der Waals surface area contributed by atoms with Gasteiger partial charge in [-0.25, -0.2) is 4.39 Å². The molecule has 2 aromatic rings. The lowest BCUT2D eigenvalue weighted by Gasteiger charge is -2.15. The molecule has 1 heterocycles. The summed E-state index contributed by atoms with van der Waals surface area (Å²) in [5, 5.41) is 2.90. The van der Waals surface area contributed by atoms with Crippen molar-refractivity contribution in [1.29, 1.82) is 0 Å². The minimum absolute atomic E-state index is 0.0498. The van der Waals surface area contributed by atoms with Gasteiger partial charge in [0.1, 0.15) is 5.82 Å². The molecular formula is C21H21FN2O2. The predicted molar refractivity (Wildman–Crippen MR) is 97.5 cm³/mol. The van der Waals surface area contributed by atoms with Gasteiger partial charge in [0.05, 0.1) is 0 Å². The van der Waals surface area contributed by atoms with E-state index in [0.717, 1.165) is 37.9 Å². The molecule has 0 aromatic heterocycles. The highest BCUT2D eigenvalue weighted by Gasteiger charge is 2.44. The molecule has 0 spiro atoms. The largest absolute Gasteiger partial charge is 0.339 e. The fraction of sp³-hybridized carbons (Fsp3) is 0.333. The van der Waals surface area contributed by atoms with Crippen LogP contribution < -0.4 is 5.32 Å². The van der Waals surface area contributed by atoms with Crippen LogP contribution in [0.15, 0.2) is 48.5 Å². The maximum atomic E-state index is 13.3. The van der Waals surface area contributed by atoms with E-state index < -0.39 is 0 Å².